The summed E-state index contributed by atoms with van der Waals surface area (Å²) in [5.41, 5.74) is 0. The molecule has 0 aliphatic rings. The van der Waals surface area contributed by atoms with Crippen molar-refractivity contribution in [1.29, 1.82) is 0 Å². The molecule has 2 nitrogen and oxygen atoms in total. The van der Waals surface area contributed by atoms with E-state index < -0.39 is 0 Å². The summed E-state index contributed by atoms with van der Waals surface area (Å²) in [7, 11) is 0. The summed E-state index contributed by atoms with van der Waals surface area (Å²) in [5.74, 6) is 1.12. The number of rotatable bonds is 4. The number of halogens is 1. The molecule has 0 atom stereocenters. The Hall–Kier alpha value is -0.0800. The van der Waals surface area contributed by atoms with Crippen molar-refractivity contribution < 1.29 is 20.1 Å². The second kappa shape index (κ2) is 5.06. The molecule has 0 N–H and O–H groups in total. The number of carbonyl (C=O) groups excluding carboxylic acids is 1. The van der Waals surface area contributed by atoms with Crippen LogP contribution >= 0.6 is 0 Å². The van der Waals surface area contributed by atoms with E-state index in [4.69, 9.17) is 4.29 Å². The highest BCUT2D eigenvalue weighted by atomic mass is 35.5. The molecule has 48 valence electrons. The van der Waals surface area contributed by atoms with Gasteiger partial charge in [-0.3, -0.25) is 0 Å². The molecule has 0 bridgehead atoms. The molecule has 0 aliphatic heterocycles. The van der Waals surface area contributed by atoms with Crippen LogP contribution in [0.4, 0.5) is 0 Å². The Morgan fingerprint density at radius 1 is 1.75 bits per heavy atom. The Balaban J connectivity index is 2.81. The van der Waals surface area contributed by atoms with Crippen molar-refractivity contribution in [2.45, 2.75) is 13.8 Å². The number of carbonyl (C=O) groups is 1. The van der Waals surface area contributed by atoms with Crippen LogP contribution in [-0.2, 0) is 9.08 Å². The quantitative estimate of drug-likeness (QED) is 0.326. The summed E-state index contributed by atoms with van der Waals surface area (Å²) in [6.45, 7) is 4.67. The molecule has 0 amide bonds. The molecule has 0 radical (unpaired) electrons. The van der Waals surface area contributed by atoms with Crippen LogP contribution in [0.15, 0.2) is 0 Å². The normalized spacial score (nSPS) is 9.88. The Kier molecular flexibility index (Phi) is 5.01. The van der Waals surface area contributed by atoms with Gasteiger partial charge in [0.2, 0.25) is 0 Å². The zero-order valence-electron chi connectivity index (χ0n) is 5.06. The maximum atomic E-state index is 9.60. The van der Waals surface area contributed by atoms with E-state index >= 15 is 0 Å². The van der Waals surface area contributed by atoms with Gasteiger partial charge in [0.1, 0.15) is 6.61 Å². The van der Waals surface area contributed by atoms with Crippen LogP contribution in [0.1, 0.15) is 13.8 Å². The highest BCUT2D eigenvalue weighted by molar-refractivity contribution is 5.31. The van der Waals surface area contributed by atoms with Gasteiger partial charge < -0.3 is 0 Å². The van der Waals surface area contributed by atoms with Gasteiger partial charge in [-0.25, -0.2) is 4.79 Å². The Morgan fingerprint density at radius 2 is 2.38 bits per heavy atom. The van der Waals surface area contributed by atoms with Gasteiger partial charge in [-0.2, -0.15) is 0 Å². The van der Waals surface area contributed by atoms with Crippen molar-refractivity contribution in [3.05, 3.63) is 0 Å². The van der Waals surface area contributed by atoms with E-state index in [1.807, 2.05) is 13.8 Å². The van der Waals surface area contributed by atoms with Gasteiger partial charge in [-0.1, -0.05) is 18.1 Å². The largest absolute Gasteiger partial charge is 0.436 e. The van der Waals surface area contributed by atoms with Gasteiger partial charge >= 0.3 is 16.8 Å². The molecule has 0 saturated heterocycles. The fourth-order valence-corrected chi connectivity index (χ4v) is 0.564. The van der Waals surface area contributed by atoms with Crippen LogP contribution in [0, 0.1) is 17.0 Å². The number of hydrogen-bond acceptors (Lipinski definition) is 2. The number of hydrogen-bond donors (Lipinski definition) is 0. The molecule has 0 aromatic rings. The standard InChI is InChI=1S/C5H10ClO2/c1-5(2)3-8-6-4-7/h4-5H,3H2,1-2H3/q+1. The van der Waals surface area contributed by atoms with Crippen LogP contribution in [0.25, 0.3) is 0 Å². The minimum atomic E-state index is 0.488. The third-order valence-electron chi connectivity index (χ3n) is 0.496. The van der Waals surface area contributed by atoms with Gasteiger partial charge in [-0.05, 0) is 5.92 Å². The molecule has 3 heteroatoms. The molecule has 0 rings (SSSR count). The predicted molar refractivity (Wildman–Crippen MR) is 27.5 cm³/mol. The van der Waals surface area contributed by atoms with Crippen LogP contribution in [-0.4, -0.2) is 12.4 Å². The molecular formula is C5H10ClO2+. The van der Waals surface area contributed by atoms with E-state index in [1.54, 1.807) is 0 Å². The Labute approximate surface area is 53.1 Å². The second-order valence-electron chi connectivity index (χ2n) is 1.85. The highest BCUT2D eigenvalue weighted by Crippen LogP contribution is 1.91. The second-order valence-corrected chi connectivity index (χ2v) is 2.42. The third-order valence-corrected chi connectivity index (χ3v) is 0.820. The zero-order valence-corrected chi connectivity index (χ0v) is 5.81. The predicted octanol–water partition coefficient (Wildman–Crippen LogP) is 0.849. The van der Waals surface area contributed by atoms with Crippen molar-refractivity contribution in [2.75, 3.05) is 6.61 Å². The zero-order chi connectivity index (χ0) is 6.41. The van der Waals surface area contributed by atoms with Crippen molar-refractivity contribution in [3.8, 4) is 0 Å². The lowest BCUT2D eigenvalue weighted by atomic mass is 10.2. The van der Waals surface area contributed by atoms with E-state index in [0.717, 1.165) is 0 Å². The van der Waals surface area contributed by atoms with Crippen LogP contribution < -0.4 is 0 Å². The highest BCUT2D eigenvalue weighted by Gasteiger charge is 2.04. The van der Waals surface area contributed by atoms with Gasteiger partial charge in [0, 0.05) is 0 Å². The summed E-state index contributed by atoms with van der Waals surface area (Å²) < 4.78 is 4.74. The lowest BCUT2D eigenvalue weighted by Gasteiger charge is -1.91. The lowest BCUT2D eigenvalue weighted by molar-refractivity contribution is -0.813. The fraction of sp³-hybridized carbons (Fsp3) is 0.800. The van der Waals surface area contributed by atoms with Gasteiger partial charge in [-0.15, -0.1) is 0 Å². The molecule has 0 spiro atoms. The van der Waals surface area contributed by atoms with Crippen LogP contribution in [0.3, 0.4) is 0 Å². The third kappa shape index (κ3) is 5.92. The summed E-state index contributed by atoms with van der Waals surface area (Å²) in [4.78, 5) is 9.60. The van der Waals surface area contributed by atoms with Gasteiger partial charge in [0.15, 0.2) is 0 Å². The first-order valence-electron chi connectivity index (χ1n) is 2.46. The molecular weight excluding hydrogens is 128 g/mol. The fourth-order valence-electron chi connectivity index (χ4n) is 0.188. The van der Waals surface area contributed by atoms with Crippen molar-refractivity contribution >= 4 is 5.75 Å². The SMILES string of the molecule is CC(C)CO[Cl+]C=O. The molecule has 8 heavy (non-hydrogen) atoms. The van der Waals surface area contributed by atoms with Crippen molar-refractivity contribution in [1.82, 2.24) is 0 Å². The maximum absolute atomic E-state index is 9.60. The first kappa shape index (κ1) is 7.92. The molecule has 0 aromatic carbocycles. The minimum Gasteiger partial charge on any atom is -0.224 e. The molecule has 0 aromatic heterocycles. The van der Waals surface area contributed by atoms with Crippen LogP contribution in [0.5, 0.6) is 0 Å². The molecule has 0 saturated carbocycles. The first-order chi connectivity index (χ1) is 3.77. The Morgan fingerprint density at radius 3 is 2.75 bits per heavy atom. The van der Waals surface area contributed by atoms with E-state index in [1.165, 1.54) is 11.1 Å². The van der Waals surface area contributed by atoms with E-state index in [0.29, 0.717) is 18.3 Å². The first-order valence-corrected chi connectivity index (χ1v) is 3.20. The average Bonchev–Trinajstić information content (AvgIpc) is 1.66. The smallest absolute Gasteiger partial charge is 0.224 e. The van der Waals surface area contributed by atoms with Crippen LogP contribution in [0.2, 0.25) is 0 Å². The lowest BCUT2D eigenvalue weighted by Crippen LogP contribution is -2.00. The maximum Gasteiger partial charge on any atom is 0.436 e. The van der Waals surface area contributed by atoms with Crippen molar-refractivity contribution in [3.63, 3.8) is 0 Å². The average molecular weight is 138 g/mol. The van der Waals surface area contributed by atoms with E-state index in [9.17, 15) is 4.79 Å². The Bertz CT molecular complexity index is 63.4. The monoisotopic (exact) mass is 137 g/mol. The topological polar surface area (TPSA) is 26.3 Å². The molecule has 0 aliphatic carbocycles. The molecule has 0 heterocycles. The molecule has 0 unspecified atom stereocenters. The summed E-state index contributed by atoms with van der Waals surface area (Å²) in [5, 5.41) is 0. The summed E-state index contributed by atoms with van der Waals surface area (Å²) in [6, 6.07) is 0. The minimum absolute atomic E-state index is 0.488. The van der Waals surface area contributed by atoms with Gasteiger partial charge in [0.25, 0.3) is 0 Å². The summed E-state index contributed by atoms with van der Waals surface area (Å²) >= 11 is 1.27. The summed E-state index contributed by atoms with van der Waals surface area (Å²) in [6.07, 6.45) is 0. The van der Waals surface area contributed by atoms with E-state index in [-0.39, 0.29) is 0 Å². The molecule has 0 fully saturated rings. The van der Waals surface area contributed by atoms with E-state index in [2.05, 4.69) is 0 Å². The van der Waals surface area contributed by atoms with Crippen molar-refractivity contribution in [2.24, 2.45) is 5.92 Å². The van der Waals surface area contributed by atoms with Gasteiger partial charge in [0.05, 0.1) is 0 Å².